The highest BCUT2D eigenvalue weighted by atomic mass is 16.7. The molecule has 3 aliphatic rings. The fraction of sp³-hybridized carbons (Fsp3) is 1.00. The van der Waals surface area contributed by atoms with E-state index < -0.39 is 91.7 Å². The summed E-state index contributed by atoms with van der Waals surface area (Å²) in [5.41, 5.74) is 25.0. The lowest BCUT2D eigenvalue weighted by Crippen LogP contribution is -2.68. The highest BCUT2D eigenvalue weighted by Crippen LogP contribution is 2.32. The van der Waals surface area contributed by atoms with Crippen LogP contribution in [-0.4, -0.2) is 144 Å². The second-order valence-corrected chi connectivity index (χ2v) is 14.8. The summed E-state index contributed by atoms with van der Waals surface area (Å²) in [7, 11) is 0. The monoisotopic (exact) mass is 737 g/mol. The van der Waals surface area contributed by atoms with E-state index >= 15 is 0 Å². The number of hydrogen-bond donors (Lipinski definition) is 9. The van der Waals surface area contributed by atoms with Crippen LogP contribution >= 0.6 is 0 Å². The fourth-order valence-electron chi connectivity index (χ4n) is 7.23. The highest BCUT2D eigenvalue weighted by Gasteiger charge is 2.52. The molecular formula is C36H72N4O11. The Hall–Kier alpha value is -0.600. The zero-order valence-electron chi connectivity index (χ0n) is 31.1. The van der Waals surface area contributed by atoms with Gasteiger partial charge in [0.05, 0.1) is 12.6 Å². The van der Waals surface area contributed by atoms with E-state index in [1.807, 2.05) is 0 Å². The van der Waals surface area contributed by atoms with Crippen molar-refractivity contribution < 1.29 is 54.0 Å². The number of hydrogen-bond acceptors (Lipinski definition) is 15. The number of aliphatic hydroxyl groups is 5. The molecule has 0 bridgehead atoms. The molecule has 0 aromatic rings. The van der Waals surface area contributed by atoms with E-state index in [9.17, 15) is 25.5 Å². The first-order chi connectivity index (χ1) is 24.5. The van der Waals surface area contributed by atoms with Crippen LogP contribution < -0.4 is 22.9 Å². The zero-order chi connectivity index (χ0) is 37.3. The Morgan fingerprint density at radius 2 is 1.04 bits per heavy atom. The van der Waals surface area contributed by atoms with Gasteiger partial charge in [0, 0.05) is 31.8 Å². The van der Waals surface area contributed by atoms with Gasteiger partial charge in [-0.15, -0.1) is 0 Å². The van der Waals surface area contributed by atoms with Gasteiger partial charge in [-0.2, -0.15) is 0 Å². The second kappa shape index (κ2) is 24.0. The van der Waals surface area contributed by atoms with Crippen LogP contribution in [-0.2, 0) is 28.4 Å². The summed E-state index contributed by atoms with van der Waals surface area (Å²) in [6.45, 7) is 5.46. The molecular weight excluding hydrogens is 664 g/mol. The maximum absolute atomic E-state index is 11.5. The predicted molar refractivity (Wildman–Crippen MR) is 191 cm³/mol. The molecule has 3 rings (SSSR count). The summed E-state index contributed by atoms with van der Waals surface area (Å²) in [5.74, 6) is 0. The van der Waals surface area contributed by atoms with Crippen molar-refractivity contribution in [1.82, 2.24) is 0 Å². The van der Waals surface area contributed by atoms with Crippen LogP contribution in [0.4, 0.5) is 0 Å². The lowest BCUT2D eigenvalue weighted by molar-refractivity contribution is -0.333. The van der Waals surface area contributed by atoms with E-state index in [-0.39, 0.29) is 19.6 Å². The first kappa shape index (κ1) is 44.8. The third-order valence-corrected chi connectivity index (χ3v) is 10.5. The number of aliphatic hydroxyl groups excluding tert-OH is 5. The molecule has 2 aliphatic heterocycles. The Morgan fingerprint density at radius 3 is 1.59 bits per heavy atom. The van der Waals surface area contributed by atoms with Crippen LogP contribution in [0.15, 0.2) is 0 Å². The molecule has 1 saturated carbocycles. The van der Waals surface area contributed by atoms with Gasteiger partial charge in [0.25, 0.3) is 0 Å². The number of unbranched alkanes of at least 4 members (excludes halogenated alkanes) is 12. The molecule has 2 heterocycles. The molecule has 0 aromatic carbocycles. The molecule has 15 atom stereocenters. The molecule has 15 heteroatoms. The minimum absolute atomic E-state index is 0.144. The number of rotatable bonds is 24. The van der Waals surface area contributed by atoms with Crippen LogP contribution in [0.5, 0.6) is 0 Å². The first-order valence-electron chi connectivity index (χ1n) is 19.7. The molecule has 0 unspecified atom stereocenters. The minimum atomic E-state index is -1.64. The Labute approximate surface area is 305 Å². The van der Waals surface area contributed by atoms with E-state index in [0.29, 0.717) is 13.2 Å². The molecule has 51 heavy (non-hydrogen) atoms. The van der Waals surface area contributed by atoms with Gasteiger partial charge < -0.3 is 76.9 Å². The van der Waals surface area contributed by atoms with Crippen LogP contribution in [0.2, 0.25) is 0 Å². The average molecular weight is 737 g/mol. The second-order valence-electron chi connectivity index (χ2n) is 14.8. The summed E-state index contributed by atoms with van der Waals surface area (Å²) < 4.78 is 36.2. The Morgan fingerprint density at radius 1 is 0.549 bits per heavy atom. The SMILES string of the molecule is CCCCCCCCCOC[C@H]1O[C@@H](O[C@@H]2[C@@H](O)[C@H](O[C@H]3O[C@H](CN)[C@@H](O)[C@H](O)[C@H]3O)[C@@H](N)C[C@H]2N)[C@H](O)[C@@H](N)[C@@H]1OCCCCCCCCC. The van der Waals surface area contributed by atoms with E-state index in [4.69, 9.17) is 51.4 Å². The highest BCUT2D eigenvalue weighted by molar-refractivity contribution is 5.01. The number of ether oxygens (including phenoxy) is 6. The van der Waals surface area contributed by atoms with Gasteiger partial charge >= 0.3 is 0 Å². The third kappa shape index (κ3) is 13.6. The molecule has 13 N–H and O–H groups in total. The average Bonchev–Trinajstić information content (AvgIpc) is 3.11. The molecule has 302 valence electrons. The zero-order valence-corrected chi connectivity index (χ0v) is 31.1. The minimum Gasteiger partial charge on any atom is -0.388 e. The van der Waals surface area contributed by atoms with E-state index in [1.54, 1.807) is 0 Å². The van der Waals surface area contributed by atoms with Gasteiger partial charge in [0.1, 0.15) is 61.0 Å². The van der Waals surface area contributed by atoms with Gasteiger partial charge in [-0.25, -0.2) is 0 Å². The Kier molecular flexibility index (Phi) is 21.1. The summed E-state index contributed by atoms with van der Waals surface area (Å²) in [5, 5.41) is 53.8. The molecule has 3 fully saturated rings. The van der Waals surface area contributed by atoms with Gasteiger partial charge in [-0.05, 0) is 19.3 Å². The van der Waals surface area contributed by atoms with Crippen molar-refractivity contribution in [3.05, 3.63) is 0 Å². The van der Waals surface area contributed by atoms with Crippen molar-refractivity contribution in [3.8, 4) is 0 Å². The topological polar surface area (TPSA) is 261 Å². The predicted octanol–water partition coefficient (Wildman–Crippen LogP) is 0.258. The van der Waals surface area contributed by atoms with Crippen LogP contribution in [0, 0.1) is 0 Å². The van der Waals surface area contributed by atoms with Crippen molar-refractivity contribution >= 4 is 0 Å². The Bertz CT molecular complexity index is 913. The Balaban J connectivity index is 1.62. The molecule has 0 aromatic heterocycles. The van der Waals surface area contributed by atoms with Crippen molar-refractivity contribution in [2.24, 2.45) is 22.9 Å². The van der Waals surface area contributed by atoms with Crippen LogP contribution in [0.1, 0.15) is 110 Å². The summed E-state index contributed by atoms with van der Waals surface area (Å²) >= 11 is 0. The normalized spacial score (nSPS) is 39.0. The quantitative estimate of drug-likeness (QED) is 0.0602. The van der Waals surface area contributed by atoms with Gasteiger partial charge in [-0.3, -0.25) is 0 Å². The van der Waals surface area contributed by atoms with Crippen molar-refractivity contribution in [3.63, 3.8) is 0 Å². The summed E-state index contributed by atoms with van der Waals surface area (Å²) in [4.78, 5) is 0. The molecule has 0 radical (unpaired) electrons. The largest absolute Gasteiger partial charge is 0.388 e. The van der Waals surface area contributed by atoms with Gasteiger partial charge in [0.15, 0.2) is 12.6 Å². The molecule has 15 nitrogen and oxygen atoms in total. The fourth-order valence-corrected chi connectivity index (χ4v) is 7.23. The molecule has 0 spiro atoms. The van der Waals surface area contributed by atoms with E-state index in [1.165, 1.54) is 57.8 Å². The van der Waals surface area contributed by atoms with Crippen molar-refractivity contribution in [2.75, 3.05) is 26.4 Å². The molecule has 2 saturated heterocycles. The molecule has 1 aliphatic carbocycles. The smallest absolute Gasteiger partial charge is 0.187 e. The lowest BCUT2D eigenvalue weighted by atomic mass is 9.84. The summed E-state index contributed by atoms with van der Waals surface area (Å²) in [6, 6.07) is -2.46. The van der Waals surface area contributed by atoms with Crippen molar-refractivity contribution in [2.45, 2.75) is 202 Å². The van der Waals surface area contributed by atoms with Crippen LogP contribution in [0.25, 0.3) is 0 Å². The lowest BCUT2D eigenvalue weighted by Gasteiger charge is -2.48. The summed E-state index contributed by atoms with van der Waals surface area (Å²) in [6.07, 6.45) is 1.44. The number of nitrogens with two attached hydrogens (primary N) is 4. The first-order valence-corrected chi connectivity index (χ1v) is 19.7. The van der Waals surface area contributed by atoms with Gasteiger partial charge in [-0.1, -0.05) is 90.9 Å². The maximum atomic E-state index is 11.5. The maximum Gasteiger partial charge on any atom is 0.187 e. The van der Waals surface area contributed by atoms with Crippen molar-refractivity contribution in [1.29, 1.82) is 0 Å². The van der Waals surface area contributed by atoms with E-state index in [0.717, 1.165) is 32.1 Å². The molecule has 0 amide bonds. The van der Waals surface area contributed by atoms with Crippen LogP contribution in [0.3, 0.4) is 0 Å². The van der Waals surface area contributed by atoms with Gasteiger partial charge in [0.2, 0.25) is 0 Å². The third-order valence-electron chi connectivity index (χ3n) is 10.5. The van der Waals surface area contributed by atoms with E-state index in [2.05, 4.69) is 13.8 Å². The standard InChI is InChI=1S/C36H72N4O11/c1-3-5-7-9-11-13-15-17-46-21-25-34(47-18-16-14-12-10-8-6-4-2)26(40)28(42)35(49-25)50-32-22(38)19-23(39)33(31(32)45)51-36-30(44)29(43)27(41)24(20-37)48-36/h22-36,41-45H,3-21,37-40H2,1-2H3/t22-,23+,24-,25-,26-,27-,28-,29+,30-,31-,32+,33-,34-,35+,36-/m1/s1.